The number of carbonyl (C=O) groups is 1. The normalized spacial score (nSPS) is 15.7. The second-order valence-corrected chi connectivity index (χ2v) is 7.18. The Hall–Kier alpha value is -2.84. The summed E-state index contributed by atoms with van der Waals surface area (Å²) < 4.78 is 11.4. The van der Waals surface area contributed by atoms with Gasteiger partial charge >= 0.3 is 0 Å². The van der Waals surface area contributed by atoms with Gasteiger partial charge in [0.2, 0.25) is 5.91 Å². The Bertz CT molecular complexity index is 900. The third-order valence-electron chi connectivity index (χ3n) is 4.52. The van der Waals surface area contributed by atoms with Crippen molar-refractivity contribution < 1.29 is 19.2 Å². The fraction of sp³-hybridized carbons (Fsp3) is 0.350. The first-order chi connectivity index (χ1) is 13.9. The van der Waals surface area contributed by atoms with Crippen molar-refractivity contribution in [3.63, 3.8) is 0 Å². The van der Waals surface area contributed by atoms with Crippen LogP contribution in [-0.4, -0.2) is 36.7 Å². The van der Waals surface area contributed by atoms with Crippen LogP contribution in [-0.2, 0) is 9.53 Å². The standard InChI is InChI=1S/C20H22ClN3O5/c1-13-4-6-15(10-18(13)24(26)27)23-20(25)11-22-17-9-14(21)5-7-19(17)29-12-16-3-2-8-28-16/h4-7,9-10,16,22H,2-3,8,11-12H2,1H3,(H,23,25). The van der Waals surface area contributed by atoms with Crippen LogP contribution in [0.2, 0.25) is 5.02 Å². The summed E-state index contributed by atoms with van der Waals surface area (Å²) in [5.41, 5.74) is 1.42. The SMILES string of the molecule is Cc1ccc(NC(=O)CNc2cc(Cl)ccc2OCC2CCCO2)cc1[N+](=O)[O-]. The molecule has 29 heavy (non-hydrogen) atoms. The summed E-state index contributed by atoms with van der Waals surface area (Å²) in [6, 6.07) is 9.67. The number of rotatable bonds is 8. The summed E-state index contributed by atoms with van der Waals surface area (Å²) in [6.07, 6.45) is 2.05. The quantitative estimate of drug-likeness (QED) is 0.491. The Kier molecular flexibility index (Phi) is 6.90. The lowest BCUT2D eigenvalue weighted by Crippen LogP contribution is -2.22. The lowest BCUT2D eigenvalue weighted by atomic mass is 10.2. The van der Waals surface area contributed by atoms with E-state index in [0.29, 0.717) is 34.3 Å². The van der Waals surface area contributed by atoms with Crippen LogP contribution in [0.3, 0.4) is 0 Å². The number of hydrogen-bond donors (Lipinski definition) is 2. The van der Waals surface area contributed by atoms with Crippen molar-refractivity contribution in [3.05, 3.63) is 57.1 Å². The number of halogens is 1. The number of amides is 1. The molecular weight excluding hydrogens is 398 g/mol. The first-order valence-electron chi connectivity index (χ1n) is 9.25. The maximum Gasteiger partial charge on any atom is 0.274 e. The maximum atomic E-state index is 12.3. The highest BCUT2D eigenvalue weighted by Gasteiger charge is 2.17. The number of anilines is 2. The van der Waals surface area contributed by atoms with Crippen LogP contribution in [0.25, 0.3) is 0 Å². The summed E-state index contributed by atoms with van der Waals surface area (Å²) in [5.74, 6) is 0.219. The number of nitro benzene ring substituents is 1. The van der Waals surface area contributed by atoms with Gasteiger partial charge in [0, 0.05) is 28.9 Å². The summed E-state index contributed by atoms with van der Waals surface area (Å²) >= 11 is 6.07. The molecule has 9 heteroatoms. The number of aryl methyl sites for hydroxylation is 1. The molecule has 0 aliphatic carbocycles. The molecule has 154 valence electrons. The predicted molar refractivity (Wildman–Crippen MR) is 111 cm³/mol. The average Bonchev–Trinajstić information content (AvgIpc) is 3.20. The molecule has 0 bridgehead atoms. The van der Waals surface area contributed by atoms with Crippen molar-refractivity contribution in [1.29, 1.82) is 0 Å². The first kappa shape index (κ1) is 20.9. The van der Waals surface area contributed by atoms with Crippen LogP contribution in [0, 0.1) is 17.0 Å². The summed E-state index contributed by atoms with van der Waals surface area (Å²) in [4.78, 5) is 22.8. The van der Waals surface area contributed by atoms with Crippen LogP contribution in [0.5, 0.6) is 5.75 Å². The van der Waals surface area contributed by atoms with E-state index in [-0.39, 0.29) is 24.2 Å². The van der Waals surface area contributed by atoms with E-state index in [9.17, 15) is 14.9 Å². The van der Waals surface area contributed by atoms with Gasteiger partial charge in [-0.2, -0.15) is 0 Å². The Labute approximate surface area is 173 Å². The van der Waals surface area contributed by atoms with Gasteiger partial charge in [-0.15, -0.1) is 0 Å². The molecule has 1 fully saturated rings. The minimum Gasteiger partial charge on any atom is -0.489 e. The van der Waals surface area contributed by atoms with Crippen LogP contribution >= 0.6 is 11.6 Å². The van der Waals surface area contributed by atoms with Gasteiger partial charge in [-0.05, 0) is 44.0 Å². The third-order valence-corrected chi connectivity index (χ3v) is 4.75. The second-order valence-electron chi connectivity index (χ2n) is 6.75. The Morgan fingerprint density at radius 1 is 1.34 bits per heavy atom. The molecule has 1 aliphatic heterocycles. The molecule has 2 aromatic carbocycles. The van der Waals surface area contributed by atoms with Crippen LogP contribution in [0.1, 0.15) is 18.4 Å². The largest absolute Gasteiger partial charge is 0.489 e. The van der Waals surface area contributed by atoms with Crippen LogP contribution < -0.4 is 15.4 Å². The fourth-order valence-electron chi connectivity index (χ4n) is 2.99. The van der Waals surface area contributed by atoms with Gasteiger partial charge in [0.25, 0.3) is 5.69 Å². The molecule has 0 aromatic heterocycles. The van der Waals surface area contributed by atoms with E-state index in [2.05, 4.69) is 10.6 Å². The smallest absolute Gasteiger partial charge is 0.274 e. The first-order valence-corrected chi connectivity index (χ1v) is 9.63. The van der Waals surface area contributed by atoms with E-state index < -0.39 is 4.92 Å². The molecule has 1 saturated heterocycles. The molecule has 1 heterocycles. The fourth-order valence-corrected chi connectivity index (χ4v) is 3.16. The van der Waals surface area contributed by atoms with Gasteiger partial charge in [-0.25, -0.2) is 0 Å². The molecule has 1 atom stereocenters. The Morgan fingerprint density at radius 2 is 2.17 bits per heavy atom. The lowest BCUT2D eigenvalue weighted by Gasteiger charge is -2.16. The van der Waals surface area contributed by atoms with Crippen LogP contribution in [0.4, 0.5) is 17.1 Å². The molecule has 1 aliphatic rings. The number of nitrogens with zero attached hydrogens (tertiary/aromatic N) is 1. The number of ether oxygens (including phenoxy) is 2. The molecule has 2 aromatic rings. The lowest BCUT2D eigenvalue weighted by molar-refractivity contribution is -0.385. The van der Waals surface area contributed by atoms with E-state index >= 15 is 0 Å². The number of carbonyl (C=O) groups excluding carboxylic acids is 1. The number of nitro groups is 1. The molecule has 2 N–H and O–H groups in total. The van der Waals surface area contributed by atoms with Crippen molar-refractivity contribution in [2.45, 2.75) is 25.9 Å². The summed E-state index contributed by atoms with van der Waals surface area (Å²) in [6.45, 7) is 2.76. The van der Waals surface area contributed by atoms with Crippen molar-refractivity contribution in [3.8, 4) is 5.75 Å². The second kappa shape index (κ2) is 9.58. The number of benzene rings is 2. The number of hydrogen-bond acceptors (Lipinski definition) is 6. The highest BCUT2D eigenvalue weighted by molar-refractivity contribution is 6.30. The average molecular weight is 420 g/mol. The minimum atomic E-state index is -0.479. The van der Waals surface area contributed by atoms with E-state index in [1.165, 1.54) is 6.07 Å². The highest BCUT2D eigenvalue weighted by atomic mass is 35.5. The van der Waals surface area contributed by atoms with Crippen molar-refractivity contribution in [2.24, 2.45) is 0 Å². The highest BCUT2D eigenvalue weighted by Crippen LogP contribution is 2.29. The van der Waals surface area contributed by atoms with Gasteiger partial charge in [-0.3, -0.25) is 14.9 Å². The van der Waals surface area contributed by atoms with Gasteiger partial charge in [0.1, 0.15) is 12.4 Å². The van der Waals surface area contributed by atoms with Gasteiger partial charge in [-0.1, -0.05) is 17.7 Å². The molecule has 0 radical (unpaired) electrons. The zero-order chi connectivity index (χ0) is 20.8. The monoisotopic (exact) mass is 419 g/mol. The summed E-state index contributed by atoms with van der Waals surface area (Å²) in [5, 5.41) is 17.2. The molecule has 0 spiro atoms. The maximum absolute atomic E-state index is 12.3. The van der Waals surface area contributed by atoms with Crippen molar-refractivity contribution in [1.82, 2.24) is 0 Å². The van der Waals surface area contributed by atoms with Gasteiger partial charge in [0.05, 0.1) is 23.3 Å². The van der Waals surface area contributed by atoms with E-state index in [4.69, 9.17) is 21.1 Å². The van der Waals surface area contributed by atoms with E-state index in [1.807, 2.05) is 0 Å². The topological polar surface area (TPSA) is 103 Å². The van der Waals surface area contributed by atoms with E-state index in [1.54, 1.807) is 37.3 Å². The van der Waals surface area contributed by atoms with Crippen molar-refractivity contribution >= 4 is 34.6 Å². The summed E-state index contributed by atoms with van der Waals surface area (Å²) in [7, 11) is 0. The zero-order valence-electron chi connectivity index (χ0n) is 15.9. The molecule has 3 rings (SSSR count). The Morgan fingerprint density at radius 3 is 2.90 bits per heavy atom. The molecule has 8 nitrogen and oxygen atoms in total. The van der Waals surface area contributed by atoms with Gasteiger partial charge < -0.3 is 20.1 Å². The van der Waals surface area contributed by atoms with E-state index in [0.717, 1.165) is 19.4 Å². The Balaban J connectivity index is 1.60. The molecule has 1 amide bonds. The molecular formula is C20H22ClN3O5. The predicted octanol–water partition coefficient (Wildman–Crippen LogP) is 4.17. The molecule has 1 unspecified atom stereocenters. The van der Waals surface area contributed by atoms with Crippen LogP contribution in [0.15, 0.2) is 36.4 Å². The third kappa shape index (κ3) is 5.82. The zero-order valence-corrected chi connectivity index (χ0v) is 16.7. The van der Waals surface area contributed by atoms with Gasteiger partial charge in [0.15, 0.2) is 0 Å². The number of nitrogens with one attached hydrogen (secondary N) is 2. The molecule has 0 saturated carbocycles. The van der Waals surface area contributed by atoms with Crippen molar-refractivity contribution in [2.75, 3.05) is 30.4 Å². The minimum absolute atomic E-state index is 0.0459.